The molecule has 21 heavy (non-hydrogen) atoms. The molecule has 0 atom stereocenters. The maximum absolute atomic E-state index is 11.7. The molecule has 7 heteroatoms. The van der Waals surface area contributed by atoms with Gasteiger partial charge in [0.05, 0.1) is 0 Å². The van der Waals surface area contributed by atoms with Crippen molar-refractivity contribution < 1.29 is 14.3 Å². The maximum atomic E-state index is 11.7. The van der Waals surface area contributed by atoms with E-state index in [0.29, 0.717) is 36.0 Å². The number of rotatable bonds is 6. The first kappa shape index (κ1) is 15.0. The highest BCUT2D eigenvalue weighted by Gasteiger charge is 2.13. The monoisotopic (exact) mass is 307 g/mol. The van der Waals surface area contributed by atoms with Gasteiger partial charge in [0.1, 0.15) is 11.6 Å². The molecule has 0 aromatic heterocycles. The number of hydrogen-bond acceptors (Lipinski definition) is 5. The number of fused-ring (bicyclic) bond motifs is 1. The first-order chi connectivity index (χ1) is 10.2. The van der Waals surface area contributed by atoms with E-state index in [-0.39, 0.29) is 12.4 Å². The quantitative estimate of drug-likeness (QED) is 0.363. The molecule has 110 valence electrons. The van der Waals surface area contributed by atoms with Crippen molar-refractivity contribution in [2.45, 2.75) is 6.42 Å². The highest BCUT2D eigenvalue weighted by Crippen LogP contribution is 2.34. The number of alkyl halides is 1. The molecule has 2 rings (SSSR count). The van der Waals surface area contributed by atoms with Crippen LogP contribution in [0.1, 0.15) is 6.42 Å². The second-order valence-electron chi connectivity index (χ2n) is 4.18. The second-order valence-corrected chi connectivity index (χ2v) is 4.56. The summed E-state index contributed by atoms with van der Waals surface area (Å²) >= 11 is 5.52. The van der Waals surface area contributed by atoms with Gasteiger partial charge in [0.15, 0.2) is 11.5 Å². The van der Waals surface area contributed by atoms with E-state index in [9.17, 15) is 4.79 Å². The number of nitrogens with one attached hydrogen (secondary N) is 2. The van der Waals surface area contributed by atoms with Crippen LogP contribution < -0.4 is 20.1 Å². The molecule has 1 aliphatic rings. The molecule has 0 spiro atoms. The number of nitriles is 1. The van der Waals surface area contributed by atoms with Gasteiger partial charge in [0.2, 0.25) is 6.79 Å². The Hall–Kier alpha value is -2.39. The minimum atomic E-state index is -0.434. The van der Waals surface area contributed by atoms with Crippen molar-refractivity contribution in [3.05, 3.63) is 30.0 Å². The molecular formula is C14H14ClN3O3. The molecule has 1 aromatic rings. The first-order valence-corrected chi connectivity index (χ1v) is 6.88. The molecule has 6 nitrogen and oxygen atoms in total. The fourth-order valence-electron chi connectivity index (χ4n) is 1.65. The minimum absolute atomic E-state index is 0.0118. The number of carbonyl (C=O) groups is 1. The third kappa shape index (κ3) is 4.04. The Morgan fingerprint density at radius 3 is 3.00 bits per heavy atom. The molecular weight excluding hydrogens is 294 g/mol. The molecule has 0 aliphatic carbocycles. The van der Waals surface area contributed by atoms with Crippen molar-refractivity contribution >= 4 is 23.2 Å². The van der Waals surface area contributed by atoms with Gasteiger partial charge in [-0.15, -0.1) is 11.6 Å². The zero-order valence-electron chi connectivity index (χ0n) is 11.2. The molecule has 0 saturated heterocycles. The summed E-state index contributed by atoms with van der Waals surface area (Å²) in [5, 5.41) is 14.5. The Bertz CT molecular complexity index is 596. The van der Waals surface area contributed by atoms with Crippen LogP contribution in [-0.4, -0.2) is 25.1 Å². The third-order valence-electron chi connectivity index (χ3n) is 2.72. The Kier molecular flexibility index (Phi) is 5.29. The van der Waals surface area contributed by atoms with Crippen LogP contribution in [0, 0.1) is 11.3 Å². The summed E-state index contributed by atoms with van der Waals surface area (Å²) in [4.78, 5) is 11.7. The van der Waals surface area contributed by atoms with Crippen molar-refractivity contribution in [3.8, 4) is 17.6 Å². The lowest BCUT2D eigenvalue weighted by Gasteiger charge is -2.05. The number of anilines is 1. The molecule has 0 radical (unpaired) electrons. The molecule has 1 aliphatic heterocycles. The van der Waals surface area contributed by atoms with E-state index in [4.69, 9.17) is 26.3 Å². The normalized spacial score (nSPS) is 12.7. The van der Waals surface area contributed by atoms with E-state index in [2.05, 4.69) is 10.6 Å². The Labute approximate surface area is 127 Å². The van der Waals surface area contributed by atoms with Crippen LogP contribution in [0.3, 0.4) is 0 Å². The summed E-state index contributed by atoms with van der Waals surface area (Å²) in [5.41, 5.74) is 0.683. The Balaban J connectivity index is 1.97. The average molecular weight is 308 g/mol. The summed E-state index contributed by atoms with van der Waals surface area (Å²) in [6.45, 7) is 0.631. The average Bonchev–Trinajstić information content (AvgIpc) is 2.95. The lowest BCUT2D eigenvalue weighted by atomic mass is 10.2. The van der Waals surface area contributed by atoms with Gasteiger partial charge in [-0.2, -0.15) is 5.26 Å². The van der Waals surface area contributed by atoms with Crippen LogP contribution in [0.5, 0.6) is 11.5 Å². The second kappa shape index (κ2) is 7.41. The van der Waals surface area contributed by atoms with Gasteiger partial charge in [-0.3, -0.25) is 4.79 Å². The number of hydrogen-bond donors (Lipinski definition) is 2. The summed E-state index contributed by atoms with van der Waals surface area (Å²) in [6.07, 6.45) is 2.01. The van der Waals surface area contributed by atoms with Crippen molar-refractivity contribution in [1.82, 2.24) is 5.32 Å². The largest absolute Gasteiger partial charge is 0.454 e. The highest BCUT2D eigenvalue weighted by molar-refractivity contribution is 6.17. The van der Waals surface area contributed by atoms with E-state index in [1.807, 2.05) is 6.07 Å². The lowest BCUT2D eigenvalue weighted by Crippen LogP contribution is -2.26. The predicted octanol–water partition coefficient (Wildman–Crippen LogP) is 1.98. The fourth-order valence-corrected chi connectivity index (χ4v) is 1.79. The van der Waals surface area contributed by atoms with Crippen molar-refractivity contribution in [3.63, 3.8) is 0 Å². The van der Waals surface area contributed by atoms with Crippen molar-refractivity contribution in [1.29, 1.82) is 5.26 Å². The van der Waals surface area contributed by atoms with Crippen LogP contribution >= 0.6 is 11.6 Å². The third-order valence-corrected chi connectivity index (χ3v) is 2.98. The minimum Gasteiger partial charge on any atom is -0.454 e. The summed E-state index contributed by atoms with van der Waals surface area (Å²) in [6, 6.07) is 7.11. The Morgan fingerprint density at radius 2 is 2.24 bits per heavy atom. The van der Waals surface area contributed by atoms with Gasteiger partial charge in [0, 0.05) is 30.4 Å². The van der Waals surface area contributed by atoms with E-state index in [1.54, 1.807) is 18.2 Å². The van der Waals surface area contributed by atoms with Crippen LogP contribution in [-0.2, 0) is 4.79 Å². The van der Waals surface area contributed by atoms with Gasteiger partial charge in [0.25, 0.3) is 5.91 Å². The van der Waals surface area contributed by atoms with E-state index < -0.39 is 5.91 Å². The fraction of sp³-hybridized carbons (Fsp3) is 0.286. The predicted molar refractivity (Wildman–Crippen MR) is 78.2 cm³/mol. The highest BCUT2D eigenvalue weighted by atomic mass is 35.5. The molecule has 1 amide bonds. The summed E-state index contributed by atoms with van der Waals surface area (Å²) < 4.78 is 10.4. The zero-order valence-corrected chi connectivity index (χ0v) is 11.9. The molecule has 1 heterocycles. The number of benzene rings is 1. The molecule has 0 unspecified atom stereocenters. The maximum Gasteiger partial charge on any atom is 0.263 e. The topological polar surface area (TPSA) is 83.4 Å². The van der Waals surface area contributed by atoms with E-state index in [0.717, 1.165) is 0 Å². The molecule has 0 saturated carbocycles. The molecule has 1 aromatic carbocycles. The summed E-state index contributed by atoms with van der Waals surface area (Å²) in [7, 11) is 0. The van der Waals surface area contributed by atoms with Crippen molar-refractivity contribution in [2.75, 3.05) is 24.5 Å². The zero-order chi connectivity index (χ0) is 15.1. The van der Waals surface area contributed by atoms with Gasteiger partial charge < -0.3 is 20.1 Å². The van der Waals surface area contributed by atoms with Gasteiger partial charge >= 0.3 is 0 Å². The van der Waals surface area contributed by atoms with Crippen LogP contribution in [0.4, 0.5) is 5.69 Å². The number of halogens is 1. The van der Waals surface area contributed by atoms with Crippen LogP contribution in [0.15, 0.2) is 30.0 Å². The van der Waals surface area contributed by atoms with Gasteiger partial charge in [-0.25, -0.2) is 0 Å². The van der Waals surface area contributed by atoms with Gasteiger partial charge in [-0.05, 0) is 18.6 Å². The van der Waals surface area contributed by atoms with E-state index >= 15 is 0 Å². The van der Waals surface area contributed by atoms with Crippen molar-refractivity contribution in [2.24, 2.45) is 0 Å². The SMILES string of the molecule is N#C/C(=C/Nc1ccc2c(c1)OCO2)C(=O)NCCCCl. The Morgan fingerprint density at radius 1 is 1.43 bits per heavy atom. The molecule has 0 bridgehead atoms. The smallest absolute Gasteiger partial charge is 0.263 e. The number of ether oxygens (including phenoxy) is 2. The first-order valence-electron chi connectivity index (χ1n) is 6.35. The molecule has 2 N–H and O–H groups in total. The van der Waals surface area contributed by atoms with E-state index in [1.165, 1.54) is 6.20 Å². The number of nitrogens with zero attached hydrogens (tertiary/aromatic N) is 1. The standard InChI is InChI=1S/C14H14ClN3O3/c15-4-1-5-17-14(19)10(7-16)8-18-11-2-3-12-13(6-11)21-9-20-12/h2-3,6,8,18H,1,4-5,9H2,(H,17,19)/b10-8-. The van der Waals surface area contributed by atoms with Gasteiger partial charge in [-0.1, -0.05) is 0 Å². The number of amides is 1. The summed E-state index contributed by atoms with van der Waals surface area (Å²) in [5.74, 6) is 1.32. The van der Waals surface area contributed by atoms with Crippen LogP contribution in [0.25, 0.3) is 0 Å². The number of carbonyl (C=O) groups excluding carboxylic acids is 1. The molecule has 0 fully saturated rings. The van der Waals surface area contributed by atoms with Crippen LogP contribution in [0.2, 0.25) is 0 Å². The lowest BCUT2D eigenvalue weighted by molar-refractivity contribution is -0.117.